The van der Waals surface area contributed by atoms with E-state index < -0.39 is 0 Å². The van der Waals surface area contributed by atoms with Crippen LogP contribution in [0.1, 0.15) is 41.8 Å². The van der Waals surface area contributed by atoms with E-state index in [1.165, 1.54) is 16.9 Å². The van der Waals surface area contributed by atoms with Crippen LogP contribution in [0, 0.1) is 0 Å². The molecule has 8 heteroatoms. The van der Waals surface area contributed by atoms with E-state index in [1.807, 2.05) is 13.8 Å². The zero-order chi connectivity index (χ0) is 15.7. The maximum atomic E-state index is 12.3. The average molecular weight is 300 g/mol. The number of rotatable bonds is 4. The Bertz CT molecular complexity index is 873. The molecule has 3 aromatic heterocycles. The zero-order valence-corrected chi connectivity index (χ0v) is 12.3. The number of imidazole rings is 1. The van der Waals surface area contributed by atoms with Crippen LogP contribution in [0.3, 0.4) is 0 Å². The van der Waals surface area contributed by atoms with Gasteiger partial charge in [-0.05, 0) is 6.07 Å². The molecule has 1 amide bonds. The van der Waals surface area contributed by atoms with E-state index in [4.69, 9.17) is 0 Å². The molecule has 22 heavy (non-hydrogen) atoms. The second-order valence-electron chi connectivity index (χ2n) is 5.26. The first-order chi connectivity index (χ1) is 10.6. The molecule has 0 aliphatic heterocycles. The molecule has 3 aromatic rings. The van der Waals surface area contributed by atoms with Crippen LogP contribution in [0.5, 0.6) is 0 Å². The molecule has 0 aliphatic rings. The van der Waals surface area contributed by atoms with E-state index in [1.54, 1.807) is 12.3 Å². The molecule has 0 atom stereocenters. The quantitative estimate of drug-likeness (QED) is 0.662. The van der Waals surface area contributed by atoms with Gasteiger partial charge >= 0.3 is 0 Å². The smallest absolute Gasteiger partial charge is 0.274 e. The number of hydrogen-bond acceptors (Lipinski definition) is 4. The van der Waals surface area contributed by atoms with Crippen molar-refractivity contribution in [1.29, 1.82) is 0 Å². The first-order valence-electron chi connectivity index (χ1n) is 6.93. The summed E-state index contributed by atoms with van der Waals surface area (Å²) in [5.74, 6) is 0.848. The first kappa shape index (κ1) is 14.1. The summed E-state index contributed by atoms with van der Waals surface area (Å²) in [6, 6.07) is 1.55. The van der Waals surface area contributed by atoms with Crippen molar-refractivity contribution in [2.75, 3.05) is 0 Å². The van der Waals surface area contributed by atoms with E-state index in [0.717, 1.165) is 11.5 Å². The Kier molecular flexibility index (Phi) is 3.50. The minimum Gasteiger partial charge on any atom is -0.345 e. The minimum absolute atomic E-state index is 0.267. The summed E-state index contributed by atoms with van der Waals surface area (Å²) in [4.78, 5) is 33.8. The number of nitrogens with zero attached hydrogens (tertiary/aromatic N) is 3. The number of fused-ring (bicyclic) bond motifs is 1. The summed E-state index contributed by atoms with van der Waals surface area (Å²) >= 11 is 0. The largest absolute Gasteiger partial charge is 0.345 e. The Hall–Kier alpha value is -2.90. The van der Waals surface area contributed by atoms with Gasteiger partial charge < -0.3 is 15.3 Å². The Morgan fingerprint density at radius 2 is 2.27 bits per heavy atom. The zero-order valence-electron chi connectivity index (χ0n) is 12.3. The Balaban J connectivity index is 1.77. The molecule has 0 aliphatic carbocycles. The third-order valence-electron chi connectivity index (χ3n) is 3.31. The van der Waals surface area contributed by atoms with Gasteiger partial charge in [0.2, 0.25) is 0 Å². The van der Waals surface area contributed by atoms with Crippen molar-refractivity contribution in [3.05, 3.63) is 52.2 Å². The molecule has 3 heterocycles. The molecule has 3 rings (SSSR count). The normalized spacial score (nSPS) is 11.2. The number of aromatic nitrogens is 5. The third-order valence-corrected chi connectivity index (χ3v) is 3.31. The molecule has 0 bridgehead atoms. The van der Waals surface area contributed by atoms with Crippen LogP contribution >= 0.6 is 0 Å². The summed E-state index contributed by atoms with van der Waals surface area (Å²) < 4.78 is 1.32. The summed E-state index contributed by atoms with van der Waals surface area (Å²) in [6.07, 6.45) is 4.53. The summed E-state index contributed by atoms with van der Waals surface area (Å²) in [6.45, 7) is 4.40. The van der Waals surface area contributed by atoms with Gasteiger partial charge in [0.25, 0.3) is 11.5 Å². The highest BCUT2D eigenvalue weighted by atomic mass is 16.2. The van der Waals surface area contributed by atoms with Gasteiger partial charge in [0.05, 0.1) is 24.6 Å². The molecule has 0 unspecified atom stereocenters. The number of H-pyrrole nitrogens is 2. The molecule has 3 N–H and O–H groups in total. The Labute approximate surface area is 125 Å². The van der Waals surface area contributed by atoms with E-state index >= 15 is 0 Å². The lowest BCUT2D eigenvalue weighted by Gasteiger charge is -2.05. The van der Waals surface area contributed by atoms with Gasteiger partial charge in [-0.15, -0.1) is 0 Å². The highest BCUT2D eigenvalue weighted by Crippen LogP contribution is 2.09. The van der Waals surface area contributed by atoms with Gasteiger partial charge in [-0.2, -0.15) is 5.10 Å². The fraction of sp³-hybridized carbons (Fsp3) is 0.286. The molecule has 0 aromatic carbocycles. The number of amides is 1. The van der Waals surface area contributed by atoms with Crippen LogP contribution in [0.15, 0.2) is 29.5 Å². The lowest BCUT2D eigenvalue weighted by Crippen LogP contribution is -2.27. The van der Waals surface area contributed by atoms with E-state index in [-0.39, 0.29) is 17.2 Å². The van der Waals surface area contributed by atoms with Crippen LogP contribution in [0.4, 0.5) is 0 Å². The molecule has 8 nitrogen and oxygen atoms in total. The lowest BCUT2D eigenvalue weighted by molar-refractivity contribution is 0.0942. The topological polar surface area (TPSA) is 108 Å². The SMILES string of the molecule is CC(C)c1ncc(CNC(=O)c2c[nH]c(=O)c3ccnn23)[nH]1. The van der Waals surface area contributed by atoms with Gasteiger partial charge in [0.1, 0.15) is 17.0 Å². The highest BCUT2D eigenvalue weighted by molar-refractivity contribution is 5.92. The maximum absolute atomic E-state index is 12.3. The van der Waals surface area contributed by atoms with Crippen molar-refractivity contribution in [3.63, 3.8) is 0 Å². The molecule has 0 saturated heterocycles. The molecular weight excluding hydrogens is 284 g/mol. The number of carbonyl (C=O) groups is 1. The fourth-order valence-electron chi connectivity index (χ4n) is 2.12. The van der Waals surface area contributed by atoms with Crippen LogP contribution in [0.25, 0.3) is 5.52 Å². The van der Waals surface area contributed by atoms with Gasteiger partial charge in [-0.25, -0.2) is 9.50 Å². The standard InChI is InChI=1S/C14H16N6O2/c1-8(2)12-15-5-9(19-12)6-16-14(22)11-7-17-13(21)10-3-4-18-20(10)11/h3-5,7-8H,6H2,1-2H3,(H,15,19)(H,16,22)(H,17,21). The Morgan fingerprint density at radius 3 is 3.00 bits per heavy atom. The van der Waals surface area contributed by atoms with E-state index in [2.05, 4.69) is 25.4 Å². The molecule has 0 radical (unpaired) electrons. The van der Waals surface area contributed by atoms with Crippen molar-refractivity contribution in [1.82, 2.24) is 29.9 Å². The van der Waals surface area contributed by atoms with Crippen molar-refractivity contribution < 1.29 is 4.79 Å². The van der Waals surface area contributed by atoms with Crippen molar-refractivity contribution in [2.24, 2.45) is 0 Å². The van der Waals surface area contributed by atoms with E-state index in [0.29, 0.717) is 18.0 Å². The first-order valence-corrected chi connectivity index (χ1v) is 6.93. The van der Waals surface area contributed by atoms with Crippen LogP contribution < -0.4 is 10.9 Å². The maximum Gasteiger partial charge on any atom is 0.274 e. The van der Waals surface area contributed by atoms with E-state index in [9.17, 15) is 9.59 Å². The van der Waals surface area contributed by atoms with Crippen molar-refractivity contribution in [2.45, 2.75) is 26.3 Å². The molecule has 0 fully saturated rings. The number of carbonyl (C=O) groups excluding carboxylic acids is 1. The van der Waals surface area contributed by atoms with Gasteiger partial charge in [-0.3, -0.25) is 9.59 Å². The number of nitrogens with one attached hydrogen (secondary N) is 3. The van der Waals surface area contributed by atoms with Crippen LogP contribution in [0.2, 0.25) is 0 Å². The minimum atomic E-state index is -0.328. The van der Waals surface area contributed by atoms with Gasteiger partial charge in [-0.1, -0.05) is 13.8 Å². The summed E-state index contributed by atoms with van der Waals surface area (Å²) in [7, 11) is 0. The number of hydrogen-bond donors (Lipinski definition) is 3. The monoisotopic (exact) mass is 300 g/mol. The Morgan fingerprint density at radius 1 is 1.45 bits per heavy atom. The fourth-order valence-corrected chi connectivity index (χ4v) is 2.12. The third kappa shape index (κ3) is 2.50. The van der Waals surface area contributed by atoms with Crippen LogP contribution in [-0.4, -0.2) is 30.5 Å². The van der Waals surface area contributed by atoms with Gasteiger partial charge in [0.15, 0.2) is 0 Å². The lowest BCUT2D eigenvalue weighted by atomic mass is 10.2. The predicted octanol–water partition coefficient (Wildman–Crippen LogP) is 0.799. The predicted molar refractivity (Wildman–Crippen MR) is 79.7 cm³/mol. The molecule has 0 saturated carbocycles. The van der Waals surface area contributed by atoms with Crippen molar-refractivity contribution in [3.8, 4) is 0 Å². The molecule has 114 valence electrons. The average Bonchev–Trinajstić information content (AvgIpc) is 3.14. The summed E-state index contributed by atoms with van der Waals surface area (Å²) in [5, 5.41) is 6.77. The van der Waals surface area contributed by atoms with Crippen LogP contribution in [-0.2, 0) is 6.54 Å². The summed E-state index contributed by atoms with van der Waals surface area (Å²) in [5.41, 5.74) is 1.13. The van der Waals surface area contributed by atoms with Gasteiger partial charge in [0, 0.05) is 12.1 Å². The van der Waals surface area contributed by atoms with Crippen molar-refractivity contribution >= 4 is 11.4 Å². The number of aromatic amines is 2. The molecule has 0 spiro atoms. The second kappa shape index (κ2) is 5.47. The highest BCUT2D eigenvalue weighted by Gasteiger charge is 2.13. The molecular formula is C14H16N6O2. The second-order valence-corrected chi connectivity index (χ2v) is 5.26.